The lowest BCUT2D eigenvalue weighted by Crippen LogP contribution is -2.08. The summed E-state index contributed by atoms with van der Waals surface area (Å²) >= 11 is 0. The minimum absolute atomic E-state index is 0.0310. The highest BCUT2D eigenvalue weighted by Gasteiger charge is 2.34. The summed E-state index contributed by atoms with van der Waals surface area (Å²) in [6, 6.07) is 11.6. The molecular weight excluding hydrogens is 351 g/mol. The molecule has 0 spiro atoms. The fourth-order valence-corrected chi connectivity index (χ4v) is 3.24. The van der Waals surface area contributed by atoms with Gasteiger partial charge in [0.05, 0.1) is 5.56 Å². The van der Waals surface area contributed by atoms with Gasteiger partial charge in [-0.3, -0.25) is 0 Å². The quantitative estimate of drug-likeness (QED) is 0.564. The Balaban J connectivity index is 2.03. The first kappa shape index (κ1) is 19.1. The van der Waals surface area contributed by atoms with Crippen molar-refractivity contribution in [1.82, 2.24) is 14.8 Å². The van der Waals surface area contributed by atoms with Gasteiger partial charge in [-0.2, -0.15) is 13.2 Å². The van der Waals surface area contributed by atoms with Gasteiger partial charge in [0.1, 0.15) is 0 Å². The Morgan fingerprint density at radius 2 is 1.63 bits per heavy atom. The molecular formula is C21H22F3N3. The highest BCUT2D eigenvalue weighted by molar-refractivity contribution is 5.67. The van der Waals surface area contributed by atoms with Gasteiger partial charge in [0, 0.05) is 18.2 Å². The Morgan fingerprint density at radius 3 is 2.26 bits per heavy atom. The first-order valence-electron chi connectivity index (χ1n) is 8.98. The molecule has 0 saturated heterocycles. The third kappa shape index (κ3) is 3.89. The zero-order chi connectivity index (χ0) is 19.6. The van der Waals surface area contributed by atoms with Crippen molar-refractivity contribution in [2.24, 2.45) is 7.05 Å². The molecule has 0 unspecified atom stereocenters. The molecule has 3 rings (SSSR count). The number of nitrogens with zero attached hydrogens (tertiary/aromatic N) is 3. The summed E-state index contributed by atoms with van der Waals surface area (Å²) in [5.74, 6) is 0.758. The number of aromatic nitrogens is 3. The Bertz CT molecular complexity index is 942. The van der Waals surface area contributed by atoms with Crippen molar-refractivity contribution >= 4 is 0 Å². The van der Waals surface area contributed by atoms with Gasteiger partial charge >= 0.3 is 6.18 Å². The van der Waals surface area contributed by atoms with Crippen LogP contribution < -0.4 is 0 Å². The maximum absolute atomic E-state index is 13.3. The van der Waals surface area contributed by atoms with Gasteiger partial charge in [0.2, 0.25) is 0 Å². The van der Waals surface area contributed by atoms with Crippen LogP contribution in [0.15, 0.2) is 42.5 Å². The summed E-state index contributed by atoms with van der Waals surface area (Å²) in [5, 5.41) is 8.25. The van der Waals surface area contributed by atoms with Gasteiger partial charge in [-0.15, -0.1) is 10.2 Å². The van der Waals surface area contributed by atoms with Crippen molar-refractivity contribution in [3.05, 3.63) is 59.2 Å². The lowest BCUT2D eigenvalue weighted by molar-refractivity contribution is -0.137. The van der Waals surface area contributed by atoms with Crippen LogP contribution in [0.25, 0.3) is 22.8 Å². The number of hydrogen-bond acceptors (Lipinski definition) is 2. The van der Waals surface area contributed by atoms with E-state index in [0.717, 1.165) is 36.5 Å². The van der Waals surface area contributed by atoms with Crippen molar-refractivity contribution in [1.29, 1.82) is 0 Å². The summed E-state index contributed by atoms with van der Waals surface area (Å²) in [6.07, 6.45) is -1.17. The number of benzene rings is 2. The molecule has 0 amide bonds. The highest BCUT2D eigenvalue weighted by atomic mass is 19.4. The fraction of sp³-hybridized carbons (Fsp3) is 0.333. The van der Waals surface area contributed by atoms with Gasteiger partial charge in [0.15, 0.2) is 11.6 Å². The van der Waals surface area contributed by atoms with Crippen molar-refractivity contribution in [2.75, 3.05) is 0 Å². The molecule has 0 atom stereocenters. The summed E-state index contributed by atoms with van der Waals surface area (Å²) in [6.45, 7) is 4.14. The topological polar surface area (TPSA) is 30.7 Å². The van der Waals surface area contributed by atoms with Crippen LogP contribution in [0.5, 0.6) is 0 Å². The van der Waals surface area contributed by atoms with Crippen LogP contribution in [0.2, 0.25) is 0 Å². The van der Waals surface area contributed by atoms with E-state index in [0.29, 0.717) is 5.82 Å². The van der Waals surface area contributed by atoms with E-state index in [1.54, 1.807) is 17.7 Å². The van der Waals surface area contributed by atoms with E-state index in [1.807, 2.05) is 13.0 Å². The minimum Gasteiger partial charge on any atom is -0.310 e. The molecule has 2 aromatic carbocycles. The number of aryl methyl sites for hydroxylation is 2. The second-order valence-corrected chi connectivity index (χ2v) is 6.70. The molecule has 0 saturated carbocycles. The molecule has 3 nitrogen and oxygen atoms in total. The highest BCUT2D eigenvalue weighted by Crippen LogP contribution is 2.37. The molecule has 142 valence electrons. The number of alkyl halides is 3. The average molecular weight is 373 g/mol. The molecule has 0 radical (unpaired) electrons. The normalized spacial score (nSPS) is 11.8. The fourth-order valence-electron chi connectivity index (χ4n) is 3.24. The van der Waals surface area contributed by atoms with Crippen LogP contribution in [0.1, 0.15) is 36.5 Å². The van der Waals surface area contributed by atoms with Crippen LogP contribution >= 0.6 is 0 Å². The number of unbranched alkanes of at least 4 members (excludes halogenated alkanes) is 1. The molecule has 0 aliphatic rings. The van der Waals surface area contributed by atoms with Gasteiger partial charge in [-0.1, -0.05) is 49.7 Å². The van der Waals surface area contributed by atoms with Gasteiger partial charge in [-0.25, -0.2) is 0 Å². The monoisotopic (exact) mass is 373 g/mol. The second kappa shape index (κ2) is 7.55. The smallest absolute Gasteiger partial charge is 0.310 e. The zero-order valence-electron chi connectivity index (χ0n) is 15.6. The third-order valence-electron chi connectivity index (χ3n) is 4.70. The van der Waals surface area contributed by atoms with Crippen molar-refractivity contribution in [3.63, 3.8) is 0 Å². The predicted molar refractivity (Wildman–Crippen MR) is 100 cm³/mol. The molecule has 0 aliphatic carbocycles. The maximum atomic E-state index is 13.3. The Labute approximate surface area is 156 Å². The zero-order valence-corrected chi connectivity index (χ0v) is 15.6. The third-order valence-corrected chi connectivity index (χ3v) is 4.70. The molecule has 0 fully saturated rings. The van der Waals surface area contributed by atoms with E-state index in [2.05, 4.69) is 29.3 Å². The second-order valence-electron chi connectivity index (χ2n) is 6.70. The van der Waals surface area contributed by atoms with E-state index in [-0.39, 0.29) is 11.4 Å². The molecule has 0 aliphatic heterocycles. The standard InChI is InChI=1S/C21H22F3N3/c1-4-5-8-15-11-12-16(14(2)13-15)19-25-26-20(27(19)3)17-9-6-7-10-18(17)21(22,23)24/h6-7,9-13H,4-5,8H2,1-3H3. The lowest BCUT2D eigenvalue weighted by atomic mass is 10.0. The van der Waals surface area contributed by atoms with Gasteiger partial charge in [-0.05, 0) is 37.0 Å². The van der Waals surface area contributed by atoms with E-state index < -0.39 is 11.7 Å². The minimum atomic E-state index is -4.44. The van der Waals surface area contributed by atoms with Gasteiger partial charge < -0.3 is 4.57 Å². The van der Waals surface area contributed by atoms with Crippen molar-refractivity contribution in [3.8, 4) is 22.8 Å². The van der Waals surface area contributed by atoms with Crippen molar-refractivity contribution < 1.29 is 13.2 Å². The summed E-state index contributed by atoms with van der Waals surface area (Å²) in [5.41, 5.74) is 2.49. The molecule has 0 bridgehead atoms. The number of hydrogen-bond donors (Lipinski definition) is 0. The number of rotatable bonds is 5. The Hall–Kier alpha value is -2.63. The summed E-state index contributed by atoms with van der Waals surface area (Å²) in [4.78, 5) is 0. The largest absolute Gasteiger partial charge is 0.417 e. The predicted octanol–water partition coefficient (Wildman–Crippen LogP) is 5.82. The van der Waals surface area contributed by atoms with Crippen LogP contribution in [0, 0.1) is 6.92 Å². The van der Waals surface area contributed by atoms with E-state index >= 15 is 0 Å². The molecule has 1 aromatic heterocycles. The Morgan fingerprint density at radius 1 is 0.963 bits per heavy atom. The Kier molecular flexibility index (Phi) is 5.35. The maximum Gasteiger partial charge on any atom is 0.417 e. The van der Waals surface area contributed by atoms with Crippen molar-refractivity contribution in [2.45, 2.75) is 39.3 Å². The first-order valence-corrected chi connectivity index (χ1v) is 8.98. The number of halogens is 3. The average Bonchev–Trinajstić information content (AvgIpc) is 3.00. The van der Waals surface area contributed by atoms with E-state index in [9.17, 15) is 13.2 Å². The van der Waals surface area contributed by atoms with Crippen LogP contribution in [0.4, 0.5) is 13.2 Å². The van der Waals surface area contributed by atoms with Gasteiger partial charge in [0.25, 0.3) is 0 Å². The summed E-state index contributed by atoms with van der Waals surface area (Å²) < 4.78 is 41.7. The molecule has 1 heterocycles. The van der Waals surface area contributed by atoms with Crippen LogP contribution in [0.3, 0.4) is 0 Å². The SMILES string of the molecule is CCCCc1ccc(-c2nnc(-c3ccccc3C(F)(F)F)n2C)c(C)c1. The molecule has 27 heavy (non-hydrogen) atoms. The summed E-state index contributed by atoms with van der Waals surface area (Å²) in [7, 11) is 1.70. The van der Waals surface area contributed by atoms with E-state index in [4.69, 9.17) is 0 Å². The molecule has 3 aromatic rings. The lowest BCUT2D eigenvalue weighted by Gasteiger charge is -2.13. The molecule has 0 N–H and O–H groups in total. The van der Waals surface area contributed by atoms with Crippen LogP contribution in [-0.2, 0) is 19.6 Å². The first-order chi connectivity index (χ1) is 12.8. The van der Waals surface area contributed by atoms with E-state index in [1.165, 1.54) is 17.7 Å². The molecule has 6 heteroatoms. The van der Waals surface area contributed by atoms with Crippen LogP contribution in [-0.4, -0.2) is 14.8 Å².